The first-order valence-electron chi connectivity index (χ1n) is 8.23. The molecule has 0 bridgehead atoms. The molecule has 0 radical (unpaired) electrons. The molecule has 0 saturated heterocycles. The molecule has 142 valence electrons. The Morgan fingerprint density at radius 3 is 2.73 bits per heavy atom. The second-order valence-corrected chi connectivity index (χ2v) is 5.79. The van der Waals surface area contributed by atoms with Gasteiger partial charge in [0.05, 0.1) is 12.8 Å². The minimum absolute atomic E-state index is 0. The van der Waals surface area contributed by atoms with Gasteiger partial charge in [-0.2, -0.15) is 0 Å². The number of hydrogen-bond acceptors (Lipinski definition) is 3. The van der Waals surface area contributed by atoms with Crippen LogP contribution < -0.4 is 16.0 Å². The van der Waals surface area contributed by atoms with Crippen LogP contribution in [0.4, 0.5) is 0 Å². The van der Waals surface area contributed by atoms with E-state index in [0.29, 0.717) is 24.8 Å². The lowest BCUT2D eigenvalue weighted by molar-refractivity contribution is -0.119. The maximum Gasteiger partial charge on any atom is 0.242 e. The molecule has 26 heavy (non-hydrogen) atoms. The van der Waals surface area contributed by atoms with Crippen LogP contribution in [0, 0.1) is 0 Å². The normalized spacial score (nSPS) is 10.8. The number of carbonyl (C=O) groups is 1. The van der Waals surface area contributed by atoms with Crippen molar-refractivity contribution in [3.8, 4) is 0 Å². The lowest BCUT2D eigenvalue weighted by Gasteiger charge is -2.11. The molecule has 0 unspecified atom stereocenters. The second kappa shape index (κ2) is 12.6. The Morgan fingerprint density at radius 2 is 2.04 bits per heavy atom. The molecule has 3 N–H and O–H groups in total. The third-order valence-electron chi connectivity index (χ3n) is 3.36. The summed E-state index contributed by atoms with van der Waals surface area (Å²) in [5.74, 6) is 1.16. The Morgan fingerprint density at radius 1 is 1.19 bits per heavy atom. The van der Waals surface area contributed by atoms with Gasteiger partial charge in [0, 0.05) is 18.1 Å². The first kappa shape index (κ1) is 22.3. The average Bonchev–Trinajstić information content (AvgIpc) is 3.11. The van der Waals surface area contributed by atoms with Gasteiger partial charge in [-0.15, -0.1) is 24.0 Å². The Labute approximate surface area is 175 Å². The molecule has 1 heterocycles. The van der Waals surface area contributed by atoms with Crippen molar-refractivity contribution >= 4 is 47.4 Å². The van der Waals surface area contributed by atoms with E-state index in [1.807, 2.05) is 37.3 Å². The first-order valence-corrected chi connectivity index (χ1v) is 8.61. The zero-order valence-electron chi connectivity index (χ0n) is 14.6. The van der Waals surface area contributed by atoms with Crippen molar-refractivity contribution in [3.63, 3.8) is 0 Å². The molecular formula is C18H24ClIN4O2. The van der Waals surface area contributed by atoms with E-state index in [4.69, 9.17) is 16.0 Å². The molecule has 0 aliphatic carbocycles. The number of aliphatic imine (C=N–C) groups is 1. The number of halogens is 2. The van der Waals surface area contributed by atoms with Gasteiger partial charge in [0.1, 0.15) is 12.3 Å². The van der Waals surface area contributed by atoms with Crippen LogP contribution in [0.15, 0.2) is 52.1 Å². The Bertz CT molecular complexity index is 692. The largest absolute Gasteiger partial charge is 0.467 e. The van der Waals surface area contributed by atoms with Crippen molar-refractivity contribution in [1.29, 1.82) is 0 Å². The molecule has 0 atom stereocenters. The predicted octanol–water partition coefficient (Wildman–Crippen LogP) is 2.97. The van der Waals surface area contributed by atoms with Crippen LogP contribution in [0.5, 0.6) is 0 Å². The van der Waals surface area contributed by atoms with Gasteiger partial charge in [-0.3, -0.25) is 4.79 Å². The summed E-state index contributed by atoms with van der Waals surface area (Å²) >= 11 is 5.98. The van der Waals surface area contributed by atoms with E-state index in [1.54, 1.807) is 12.3 Å². The fraction of sp³-hybridized carbons (Fsp3) is 0.333. The highest BCUT2D eigenvalue weighted by Gasteiger charge is 2.03. The topological polar surface area (TPSA) is 78.7 Å². The third-order valence-corrected chi connectivity index (χ3v) is 3.60. The number of rotatable bonds is 8. The second-order valence-electron chi connectivity index (χ2n) is 5.36. The number of hydrogen-bond donors (Lipinski definition) is 3. The maximum atomic E-state index is 11.8. The molecule has 0 aliphatic rings. The van der Waals surface area contributed by atoms with E-state index in [-0.39, 0.29) is 36.4 Å². The van der Waals surface area contributed by atoms with Gasteiger partial charge in [0.15, 0.2) is 5.96 Å². The van der Waals surface area contributed by atoms with Gasteiger partial charge >= 0.3 is 0 Å². The van der Waals surface area contributed by atoms with Crippen molar-refractivity contribution in [2.45, 2.75) is 19.9 Å². The molecule has 2 rings (SSSR count). The van der Waals surface area contributed by atoms with E-state index < -0.39 is 0 Å². The molecule has 0 aliphatic heterocycles. The van der Waals surface area contributed by atoms with Crippen LogP contribution in [-0.2, 0) is 17.8 Å². The number of carbonyl (C=O) groups excluding carboxylic acids is 1. The summed E-state index contributed by atoms with van der Waals surface area (Å²) in [6.07, 6.45) is 2.39. The summed E-state index contributed by atoms with van der Waals surface area (Å²) in [7, 11) is 0. The standard InChI is InChI=1S/C18H23ClN4O2.HI/c1-2-20-18(21-9-8-14-5-3-6-15(19)11-14)23-13-17(24)22-12-16-7-4-10-25-16;/h3-7,10-11H,2,8-9,12-13H2,1H3,(H,22,24)(H2,20,21,23);1H. The highest BCUT2D eigenvalue weighted by molar-refractivity contribution is 14.0. The summed E-state index contributed by atoms with van der Waals surface area (Å²) in [4.78, 5) is 16.1. The highest BCUT2D eigenvalue weighted by atomic mass is 127. The molecule has 8 heteroatoms. The monoisotopic (exact) mass is 490 g/mol. The molecule has 1 amide bonds. The number of nitrogens with one attached hydrogen (secondary N) is 3. The van der Waals surface area contributed by atoms with Crippen molar-refractivity contribution in [1.82, 2.24) is 16.0 Å². The van der Waals surface area contributed by atoms with Gasteiger partial charge in [-0.05, 0) is 43.2 Å². The Balaban J connectivity index is 0.00000338. The van der Waals surface area contributed by atoms with Crippen LogP contribution >= 0.6 is 35.6 Å². The van der Waals surface area contributed by atoms with Crippen LogP contribution in [0.3, 0.4) is 0 Å². The van der Waals surface area contributed by atoms with Gasteiger partial charge in [0.2, 0.25) is 5.91 Å². The minimum atomic E-state index is -0.163. The molecule has 1 aromatic heterocycles. The van der Waals surface area contributed by atoms with Crippen LogP contribution in [0.2, 0.25) is 5.02 Å². The molecule has 2 aromatic rings. The predicted molar refractivity (Wildman–Crippen MR) is 115 cm³/mol. The smallest absolute Gasteiger partial charge is 0.242 e. The van der Waals surface area contributed by atoms with Crippen molar-refractivity contribution in [2.24, 2.45) is 4.99 Å². The number of guanidine groups is 1. The fourth-order valence-corrected chi connectivity index (χ4v) is 2.38. The number of benzene rings is 1. The van der Waals surface area contributed by atoms with Gasteiger partial charge in [-0.1, -0.05) is 23.7 Å². The van der Waals surface area contributed by atoms with Crippen molar-refractivity contribution in [2.75, 3.05) is 19.6 Å². The van der Waals surface area contributed by atoms with E-state index in [2.05, 4.69) is 20.9 Å². The van der Waals surface area contributed by atoms with E-state index in [9.17, 15) is 4.79 Å². The minimum Gasteiger partial charge on any atom is -0.467 e. The number of furan rings is 1. The van der Waals surface area contributed by atoms with Gasteiger partial charge < -0.3 is 20.4 Å². The molecular weight excluding hydrogens is 467 g/mol. The maximum absolute atomic E-state index is 11.8. The fourth-order valence-electron chi connectivity index (χ4n) is 2.17. The van der Waals surface area contributed by atoms with Gasteiger partial charge in [0.25, 0.3) is 0 Å². The molecule has 1 aromatic carbocycles. The molecule has 6 nitrogen and oxygen atoms in total. The van der Waals surface area contributed by atoms with Crippen molar-refractivity contribution < 1.29 is 9.21 Å². The summed E-state index contributed by atoms with van der Waals surface area (Å²) < 4.78 is 5.17. The lowest BCUT2D eigenvalue weighted by atomic mass is 10.1. The van der Waals surface area contributed by atoms with Crippen molar-refractivity contribution in [3.05, 3.63) is 59.0 Å². The molecule has 0 spiro atoms. The summed E-state index contributed by atoms with van der Waals surface area (Å²) in [6.45, 7) is 3.80. The summed E-state index contributed by atoms with van der Waals surface area (Å²) in [6, 6.07) is 11.3. The lowest BCUT2D eigenvalue weighted by Crippen LogP contribution is -2.39. The quantitative estimate of drug-likeness (QED) is 0.302. The van der Waals surface area contributed by atoms with Crippen LogP contribution in [0.25, 0.3) is 0 Å². The summed E-state index contributed by atoms with van der Waals surface area (Å²) in [5, 5.41) is 9.82. The Kier molecular flexibility index (Phi) is 10.8. The summed E-state index contributed by atoms with van der Waals surface area (Å²) in [5.41, 5.74) is 1.15. The van der Waals surface area contributed by atoms with Crippen LogP contribution in [-0.4, -0.2) is 31.5 Å². The van der Waals surface area contributed by atoms with Gasteiger partial charge in [-0.25, -0.2) is 4.99 Å². The first-order chi connectivity index (χ1) is 12.2. The van der Waals surface area contributed by atoms with E-state index >= 15 is 0 Å². The third kappa shape index (κ3) is 8.57. The zero-order valence-corrected chi connectivity index (χ0v) is 17.7. The van der Waals surface area contributed by atoms with Crippen LogP contribution in [0.1, 0.15) is 18.2 Å². The number of amides is 1. The SMILES string of the molecule is CCNC(=NCC(=O)NCc1ccco1)NCCc1cccc(Cl)c1.I. The van der Waals surface area contributed by atoms with E-state index in [0.717, 1.165) is 23.6 Å². The average molecular weight is 491 g/mol. The number of nitrogens with zero attached hydrogens (tertiary/aromatic N) is 1. The Hall–Kier alpha value is -1.74. The zero-order chi connectivity index (χ0) is 17.9. The highest BCUT2D eigenvalue weighted by Crippen LogP contribution is 2.10. The van der Waals surface area contributed by atoms with E-state index in [1.165, 1.54) is 0 Å². The molecule has 0 fully saturated rings. The molecule has 0 saturated carbocycles.